The number of para-hydroxylation sites is 1. The number of carboxylic acid groups (broad SMARTS) is 1. The number of ether oxygens (including phenoxy) is 1. The third kappa shape index (κ3) is 5.15. The van der Waals surface area contributed by atoms with Gasteiger partial charge < -0.3 is 9.84 Å². The van der Waals surface area contributed by atoms with E-state index in [1.165, 1.54) is 48.8 Å². The number of hydrogen-bond donors (Lipinski definition) is 1. The van der Waals surface area contributed by atoms with Gasteiger partial charge in [0.05, 0.1) is 6.26 Å². The fourth-order valence-corrected chi connectivity index (χ4v) is 4.19. The Balaban J connectivity index is 1.49. The summed E-state index contributed by atoms with van der Waals surface area (Å²) in [6.45, 7) is 2.28. The quantitative estimate of drug-likeness (QED) is 0.424. The third-order valence-electron chi connectivity index (χ3n) is 6.02. The highest BCUT2D eigenvalue weighted by Gasteiger charge is 2.29. The lowest BCUT2D eigenvalue weighted by atomic mass is 9.73. The zero-order chi connectivity index (χ0) is 19.8. The molecule has 1 N–H and O–H groups in total. The zero-order valence-corrected chi connectivity index (χ0v) is 17.0. The molecule has 0 aromatic heterocycles. The molecule has 0 bridgehead atoms. The van der Waals surface area contributed by atoms with E-state index in [9.17, 15) is 4.79 Å². The molecule has 0 saturated heterocycles. The van der Waals surface area contributed by atoms with E-state index in [1.54, 1.807) is 0 Å². The number of carbonyl (C=O) groups is 1. The van der Waals surface area contributed by atoms with Gasteiger partial charge in [0.25, 0.3) is 0 Å². The first-order valence-electron chi connectivity index (χ1n) is 10.7. The monoisotopic (exact) mass is 380 g/mol. The van der Waals surface area contributed by atoms with Crippen LogP contribution in [0.4, 0.5) is 0 Å². The topological polar surface area (TPSA) is 46.5 Å². The number of rotatable bonds is 11. The van der Waals surface area contributed by atoms with Gasteiger partial charge >= 0.3 is 5.97 Å². The van der Waals surface area contributed by atoms with Gasteiger partial charge in [0.15, 0.2) is 0 Å². The molecule has 0 fully saturated rings. The number of unbranched alkanes of at least 4 members (excludes halogenated alkanes) is 6. The molecule has 1 aliphatic heterocycles. The van der Waals surface area contributed by atoms with Gasteiger partial charge in [0.1, 0.15) is 5.75 Å². The zero-order valence-electron chi connectivity index (χ0n) is 17.0. The van der Waals surface area contributed by atoms with Crippen LogP contribution in [-0.4, -0.2) is 11.1 Å². The summed E-state index contributed by atoms with van der Waals surface area (Å²) in [5, 5.41) is 8.66. The predicted octanol–water partition coefficient (Wildman–Crippen LogP) is 6.91. The highest BCUT2D eigenvalue weighted by molar-refractivity contribution is 5.87. The number of carboxylic acids is 1. The number of hydrogen-bond acceptors (Lipinski definition) is 2. The van der Waals surface area contributed by atoms with Crippen LogP contribution in [0.25, 0.3) is 5.57 Å². The van der Waals surface area contributed by atoms with E-state index < -0.39 is 5.97 Å². The average molecular weight is 381 g/mol. The van der Waals surface area contributed by atoms with Crippen LogP contribution in [0.5, 0.6) is 5.75 Å². The standard InChI is InChI=1S/C25H32O3/c1-2-25(16-11-7-5-3-4-6-8-14-24(26)27)17-15-20-19-28-23-13-10-9-12-21(23)22(20)18-25/h9-10,12-13,15,17-19H,2-8,11,14,16H2,1H3,(H,26,27). The van der Waals surface area contributed by atoms with Crippen molar-refractivity contribution in [3.8, 4) is 5.75 Å². The maximum Gasteiger partial charge on any atom is 0.303 e. The lowest BCUT2D eigenvalue weighted by Crippen LogP contribution is -2.19. The average Bonchev–Trinajstić information content (AvgIpc) is 2.72. The van der Waals surface area contributed by atoms with Crippen LogP contribution >= 0.6 is 0 Å². The highest BCUT2D eigenvalue weighted by atomic mass is 16.5. The van der Waals surface area contributed by atoms with Crippen molar-refractivity contribution in [2.45, 2.75) is 71.1 Å². The molecule has 0 amide bonds. The van der Waals surface area contributed by atoms with Crippen molar-refractivity contribution in [1.82, 2.24) is 0 Å². The molecular weight excluding hydrogens is 348 g/mol. The second-order valence-corrected chi connectivity index (χ2v) is 8.03. The Kier molecular flexibility index (Phi) is 7.13. The molecule has 0 radical (unpaired) electrons. The van der Waals surface area contributed by atoms with Gasteiger partial charge in [-0.1, -0.05) is 81.9 Å². The number of fused-ring (bicyclic) bond motifs is 3. The van der Waals surface area contributed by atoms with E-state index in [4.69, 9.17) is 9.84 Å². The van der Waals surface area contributed by atoms with Crippen LogP contribution in [0, 0.1) is 5.41 Å². The van der Waals surface area contributed by atoms with Crippen LogP contribution in [0.15, 0.2) is 54.3 Å². The molecule has 28 heavy (non-hydrogen) atoms. The Hall–Kier alpha value is -2.29. The number of allylic oxidation sites excluding steroid dienone is 5. The Morgan fingerprint density at radius 1 is 1.04 bits per heavy atom. The van der Waals surface area contributed by atoms with Crippen molar-refractivity contribution < 1.29 is 14.6 Å². The predicted molar refractivity (Wildman–Crippen MR) is 114 cm³/mol. The minimum absolute atomic E-state index is 0.138. The van der Waals surface area contributed by atoms with Gasteiger partial charge in [0.2, 0.25) is 0 Å². The summed E-state index contributed by atoms with van der Waals surface area (Å²) in [4.78, 5) is 10.5. The lowest BCUT2D eigenvalue weighted by Gasteiger charge is -2.33. The fraction of sp³-hybridized carbons (Fsp3) is 0.480. The van der Waals surface area contributed by atoms with Crippen molar-refractivity contribution in [2.75, 3.05) is 0 Å². The number of benzene rings is 1. The summed E-state index contributed by atoms with van der Waals surface area (Å²) >= 11 is 0. The van der Waals surface area contributed by atoms with Gasteiger partial charge in [-0.15, -0.1) is 0 Å². The van der Waals surface area contributed by atoms with Crippen LogP contribution in [0.2, 0.25) is 0 Å². The van der Waals surface area contributed by atoms with E-state index in [-0.39, 0.29) is 5.41 Å². The molecular formula is C25H32O3. The SMILES string of the molecule is CCC1(CCCCCCCCCC(=O)O)C=CC2=COc3ccccc3C2=C1. The highest BCUT2D eigenvalue weighted by Crippen LogP contribution is 2.45. The minimum atomic E-state index is -0.676. The summed E-state index contributed by atoms with van der Waals surface area (Å²) in [6, 6.07) is 8.28. The first kappa shape index (κ1) is 20.4. The van der Waals surface area contributed by atoms with Crippen molar-refractivity contribution in [1.29, 1.82) is 0 Å². The fourth-order valence-electron chi connectivity index (χ4n) is 4.19. The van der Waals surface area contributed by atoms with Gasteiger partial charge in [0, 0.05) is 23.0 Å². The molecule has 0 spiro atoms. The molecule has 150 valence electrons. The number of aliphatic carboxylic acids is 1. The summed E-state index contributed by atoms with van der Waals surface area (Å²) in [6.07, 6.45) is 19.5. The summed E-state index contributed by atoms with van der Waals surface area (Å²) < 4.78 is 5.77. The molecule has 1 aromatic rings. The molecule has 3 heteroatoms. The molecule has 1 atom stereocenters. The van der Waals surface area contributed by atoms with Gasteiger partial charge in [-0.2, -0.15) is 0 Å². The Bertz CT molecular complexity index is 772. The van der Waals surface area contributed by atoms with Crippen LogP contribution in [0.3, 0.4) is 0 Å². The second kappa shape index (κ2) is 9.77. The second-order valence-electron chi connectivity index (χ2n) is 8.03. The van der Waals surface area contributed by atoms with Crippen molar-refractivity contribution in [3.63, 3.8) is 0 Å². The lowest BCUT2D eigenvalue weighted by molar-refractivity contribution is -0.137. The van der Waals surface area contributed by atoms with Gasteiger partial charge in [-0.05, 0) is 30.9 Å². The molecule has 1 aliphatic carbocycles. The van der Waals surface area contributed by atoms with E-state index >= 15 is 0 Å². The van der Waals surface area contributed by atoms with E-state index in [0.29, 0.717) is 6.42 Å². The third-order valence-corrected chi connectivity index (χ3v) is 6.02. The Morgan fingerprint density at radius 3 is 2.50 bits per heavy atom. The van der Waals surface area contributed by atoms with Crippen LogP contribution in [0.1, 0.15) is 76.7 Å². The van der Waals surface area contributed by atoms with E-state index in [0.717, 1.165) is 31.4 Å². The first-order chi connectivity index (χ1) is 13.6. The smallest absolute Gasteiger partial charge is 0.303 e. The molecule has 2 aliphatic rings. The normalized spacial score (nSPS) is 19.9. The minimum Gasteiger partial charge on any atom is -0.481 e. The van der Waals surface area contributed by atoms with Crippen molar-refractivity contribution in [3.05, 3.63) is 59.9 Å². The van der Waals surface area contributed by atoms with Crippen LogP contribution < -0.4 is 4.74 Å². The van der Waals surface area contributed by atoms with E-state index in [1.807, 2.05) is 18.4 Å². The largest absolute Gasteiger partial charge is 0.481 e. The molecule has 3 nitrogen and oxygen atoms in total. The summed E-state index contributed by atoms with van der Waals surface area (Å²) in [5.41, 5.74) is 3.82. The molecule has 1 heterocycles. The summed E-state index contributed by atoms with van der Waals surface area (Å²) in [5.74, 6) is 0.269. The van der Waals surface area contributed by atoms with Crippen molar-refractivity contribution >= 4 is 11.5 Å². The first-order valence-corrected chi connectivity index (χ1v) is 10.7. The van der Waals surface area contributed by atoms with E-state index in [2.05, 4.69) is 37.3 Å². The Morgan fingerprint density at radius 2 is 1.75 bits per heavy atom. The maximum absolute atomic E-state index is 10.5. The summed E-state index contributed by atoms with van der Waals surface area (Å²) in [7, 11) is 0. The molecule has 1 unspecified atom stereocenters. The molecule has 1 aromatic carbocycles. The van der Waals surface area contributed by atoms with Crippen molar-refractivity contribution in [2.24, 2.45) is 5.41 Å². The maximum atomic E-state index is 10.5. The van der Waals surface area contributed by atoms with Gasteiger partial charge in [-0.3, -0.25) is 4.79 Å². The van der Waals surface area contributed by atoms with Gasteiger partial charge in [-0.25, -0.2) is 0 Å². The van der Waals surface area contributed by atoms with Crippen LogP contribution in [-0.2, 0) is 4.79 Å². The Labute approximate surface area is 168 Å². The molecule has 3 rings (SSSR count). The molecule has 0 saturated carbocycles.